The van der Waals surface area contributed by atoms with Crippen LogP contribution in [0.3, 0.4) is 0 Å². The van der Waals surface area contributed by atoms with Crippen LogP contribution in [0.25, 0.3) is 11.6 Å². The van der Waals surface area contributed by atoms with Gasteiger partial charge < -0.3 is 29.6 Å². The summed E-state index contributed by atoms with van der Waals surface area (Å²) in [5.74, 6) is -1.80. The minimum Gasteiger partial charge on any atom is -0.507 e. The molecule has 7 rings (SSSR count). The number of phenols is 1. The van der Waals surface area contributed by atoms with E-state index in [0.29, 0.717) is 24.2 Å². The molecule has 4 aromatic rings. The highest BCUT2D eigenvalue weighted by Crippen LogP contribution is 2.51. The summed E-state index contributed by atoms with van der Waals surface area (Å²) in [5.41, 5.74) is 4.81. The molecule has 4 atom stereocenters. The first-order valence-corrected chi connectivity index (χ1v) is 16.9. The van der Waals surface area contributed by atoms with Crippen molar-refractivity contribution in [3.8, 4) is 11.5 Å². The molecular formula is C39H37B2NO8. The predicted octanol–water partition coefficient (Wildman–Crippen LogP) is 4.47. The maximum Gasteiger partial charge on any atom is 0.488 e. The number of benzene rings is 4. The molecule has 4 aromatic carbocycles. The number of carbonyl (C=O) groups is 2. The van der Waals surface area contributed by atoms with Crippen LogP contribution < -0.4 is 15.1 Å². The second-order valence-electron chi connectivity index (χ2n) is 13.0. The molecule has 1 aliphatic carbocycles. The molecule has 3 aliphatic rings. The lowest BCUT2D eigenvalue weighted by molar-refractivity contribution is -0.122. The van der Waals surface area contributed by atoms with E-state index in [2.05, 4.69) is 0 Å². The Hall–Kier alpha value is -4.93. The molecule has 2 fully saturated rings. The molecule has 2 aliphatic heterocycles. The van der Waals surface area contributed by atoms with Crippen LogP contribution in [0.4, 0.5) is 5.69 Å². The molecule has 9 nitrogen and oxygen atoms in total. The van der Waals surface area contributed by atoms with Gasteiger partial charge in [-0.2, -0.15) is 0 Å². The van der Waals surface area contributed by atoms with Crippen molar-refractivity contribution >= 4 is 48.9 Å². The quantitative estimate of drug-likeness (QED) is 0.0841. The van der Waals surface area contributed by atoms with E-state index in [1.807, 2.05) is 78.9 Å². The van der Waals surface area contributed by atoms with Crippen LogP contribution in [0.1, 0.15) is 30.4 Å². The molecule has 0 bridgehead atoms. The lowest BCUT2D eigenvalue weighted by Gasteiger charge is -2.43. The molecule has 0 spiro atoms. The first kappa shape index (κ1) is 33.6. The maximum atomic E-state index is 14.2. The van der Waals surface area contributed by atoms with E-state index in [0.717, 1.165) is 27.2 Å². The number of nitrogens with zero attached hydrogens (tertiary/aromatic N) is 1. The highest BCUT2D eigenvalue weighted by Gasteiger charge is 2.57. The van der Waals surface area contributed by atoms with Crippen LogP contribution in [0.15, 0.2) is 120 Å². The van der Waals surface area contributed by atoms with Gasteiger partial charge in [-0.05, 0) is 95.7 Å². The molecule has 0 aromatic heterocycles. The predicted molar refractivity (Wildman–Crippen MR) is 192 cm³/mol. The largest absolute Gasteiger partial charge is 0.507 e. The van der Waals surface area contributed by atoms with Crippen LogP contribution >= 0.6 is 0 Å². The van der Waals surface area contributed by atoms with Gasteiger partial charge >= 0.3 is 14.2 Å². The van der Waals surface area contributed by atoms with Crippen molar-refractivity contribution in [1.29, 1.82) is 0 Å². The highest BCUT2D eigenvalue weighted by molar-refractivity contribution is 6.58. The van der Waals surface area contributed by atoms with Crippen molar-refractivity contribution < 1.29 is 39.2 Å². The second kappa shape index (κ2) is 14.5. The Bertz CT molecular complexity index is 1930. The van der Waals surface area contributed by atoms with E-state index >= 15 is 0 Å². The number of phenolic OH excluding ortho intramolecular Hbond substituents is 1. The third kappa shape index (κ3) is 6.78. The maximum absolute atomic E-state index is 14.2. The molecule has 2 amide bonds. The highest BCUT2D eigenvalue weighted by atomic mass is 16.5. The van der Waals surface area contributed by atoms with Crippen molar-refractivity contribution in [3.05, 3.63) is 131 Å². The number of para-hydroxylation sites is 2. The van der Waals surface area contributed by atoms with Gasteiger partial charge in [-0.1, -0.05) is 78.9 Å². The first-order chi connectivity index (χ1) is 24.3. The molecule has 2 heterocycles. The summed E-state index contributed by atoms with van der Waals surface area (Å²) in [4.78, 5) is 29.5. The minimum absolute atomic E-state index is 0.142. The van der Waals surface area contributed by atoms with Gasteiger partial charge in [0.2, 0.25) is 11.8 Å². The number of imide groups is 1. The Morgan fingerprint density at radius 2 is 1.62 bits per heavy atom. The van der Waals surface area contributed by atoms with Crippen molar-refractivity contribution in [2.75, 3.05) is 11.5 Å². The normalized spacial score (nSPS) is 22.0. The molecule has 0 unspecified atom stereocenters. The molecule has 0 saturated carbocycles. The zero-order valence-electron chi connectivity index (χ0n) is 27.3. The van der Waals surface area contributed by atoms with Gasteiger partial charge in [-0.3, -0.25) is 14.5 Å². The summed E-state index contributed by atoms with van der Waals surface area (Å²) in [7, 11) is -2.91. The summed E-state index contributed by atoms with van der Waals surface area (Å²) in [6.45, 7) is 0.182. The standard InChI is InChI=1S/C39H37B2NO8/c43-34-17-8-7-12-27(34)20-26(25-10-3-1-4-11-25)18-19-35-36-28(24-49-31-15-5-2-6-16-31)21-32-37(33(36)23-40(46)50-35)39(45)42(38(32)44)30-14-9-13-29(22-30)41(47)48/h1-17,20,22,32-33,35,37,43,46-48H,18-19,21,23-24H2/b26-20-/t32-,33+,35-,37-/m1/s1. The number of hydrogen-bond acceptors (Lipinski definition) is 8. The van der Waals surface area contributed by atoms with Gasteiger partial charge in [0.05, 0.1) is 23.6 Å². The number of rotatable bonds is 10. The van der Waals surface area contributed by atoms with E-state index in [9.17, 15) is 29.8 Å². The number of allylic oxidation sites excluding steroid dienone is 1. The number of carbonyl (C=O) groups excluding carboxylic acids is 2. The molecule has 11 heteroatoms. The Kier molecular flexibility index (Phi) is 9.74. The molecular weight excluding hydrogens is 632 g/mol. The second-order valence-corrected chi connectivity index (χ2v) is 13.0. The van der Waals surface area contributed by atoms with Gasteiger partial charge in [-0.25, -0.2) is 0 Å². The summed E-state index contributed by atoms with van der Waals surface area (Å²) in [5, 5.41) is 41.3. The van der Waals surface area contributed by atoms with Crippen LogP contribution in [-0.4, -0.2) is 58.9 Å². The number of anilines is 1. The SMILES string of the molecule is O=C1[C@@H]2[C@@H](CC(COc3ccccc3)=C3[C@@H](CC/C(=C/c4ccccc4O)c4ccccc4)OB(O)C[C@@H]32)C(=O)N1c1cccc(B(O)O)c1. The number of fused-ring (bicyclic) bond motifs is 3. The number of amides is 2. The average Bonchev–Trinajstić information content (AvgIpc) is 3.38. The minimum atomic E-state index is -1.76. The van der Waals surface area contributed by atoms with E-state index in [1.54, 1.807) is 24.3 Å². The fourth-order valence-corrected chi connectivity index (χ4v) is 7.70. The van der Waals surface area contributed by atoms with Gasteiger partial charge in [0, 0.05) is 5.56 Å². The van der Waals surface area contributed by atoms with Crippen LogP contribution in [0.2, 0.25) is 6.32 Å². The third-order valence-electron chi connectivity index (χ3n) is 9.98. The Morgan fingerprint density at radius 1 is 0.900 bits per heavy atom. The van der Waals surface area contributed by atoms with Crippen LogP contribution in [-0.2, 0) is 14.2 Å². The zero-order chi connectivity index (χ0) is 34.8. The topological polar surface area (TPSA) is 137 Å². The Balaban J connectivity index is 1.25. The average molecular weight is 669 g/mol. The van der Waals surface area contributed by atoms with Crippen molar-refractivity contribution in [1.82, 2.24) is 0 Å². The van der Waals surface area contributed by atoms with Gasteiger partial charge in [-0.15, -0.1) is 0 Å². The van der Waals surface area contributed by atoms with E-state index in [-0.39, 0.29) is 48.1 Å². The molecule has 0 radical (unpaired) electrons. The molecule has 2 saturated heterocycles. The van der Waals surface area contributed by atoms with Crippen molar-refractivity contribution in [2.24, 2.45) is 17.8 Å². The number of aromatic hydroxyl groups is 1. The van der Waals surface area contributed by atoms with Crippen LogP contribution in [0, 0.1) is 17.8 Å². The van der Waals surface area contributed by atoms with Crippen molar-refractivity contribution in [3.63, 3.8) is 0 Å². The fraction of sp³-hybridized carbons (Fsp3) is 0.231. The van der Waals surface area contributed by atoms with E-state index in [1.165, 1.54) is 12.1 Å². The summed E-state index contributed by atoms with van der Waals surface area (Å²) < 4.78 is 12.5. The van der Waals surface area contributed by atoms with Gasteiger partial charge in [0.15, 0.2) is 0 Å². The summed E-state index contributed by atoms with van der Waals surface area (Å²) in [6, 6.07) is 32.5. The molecule has 50 heavy (non-hydrogen) atoms. The third-order valence-corrected chi connectivity index (χ3v) is 9.98. The first-order valence-electron chi connectivity index (χ1n) is 16.9. The zero-order valence-corrected chi connectivity index (χ0v) is 27.3. The van der Waals surface area contributed by atoms with Crippen LogP contribution in [0.5, 0.6) is 11.5 Å². The van der Waals surface area contributed by atoms with Crippen molar-refractivity contribution in [2.45, 2.75) is 31.7 Å². The number of ether oxygens (including phenoxy) is 1. The monoisotopic (exact) mass is 669 g/mol. The Labute approximate surface area is 291 Å². The Morgan fingerprint density at radius 3 is 2.36 bits per heavy atom. The molecule has 252 valence electrons. The lowest BCUT2D eigenvalue weighted by Crippen LogP contribution is -2.46. The molecule has 4 N–H and O–H groups in total. The van der Waals surface area contributed by atoms with Gasteiger partial charge in [0.25, 0.3) is 0 Å². The van der Waals surface area contributed by atoms with E-state index in [4.69, 9.17) is 9.39 Å². The fourth-order valence-electron chi connectivity index (χ4n) is 7.70. The van der Waals surface area contributed by atoms with Gasteiger partial charge in [0.1, 0.15) is 18.1 Å². The smallest absolute Gasteiger partial charge is 0.488 e. The lowest BCUT2D eigenvalue weighted by atomic mass is 9.58. The summed E-state index contributed by atoms with van der Waals surface area (Å²) >= 11 is 0. The number of hydrogen-bond donors (Lipinski definition) is 4. The summed E-state index contributed by atoms with van der Waals surface area (Å²) in [6.07, 6.45) is 2.81. The van der Waals surface area contributed by atoms with E-state index < -0.39 is 38.1 Å².